The highest BCUT2D eigenvalue weighted by Crippen LogP contribution is 2.36. The Morgan fingerprint density at radius 2 is 2.19 bits per heavy atom. The predicted octanol–water partition coefficient (Wildman–Crippen LogP) is 2.77. The van der Waals surface area contributed by atoms with Gasteiger partial charge in [0.05, 0.1) is 22.8 Å². The fourth-order valence-corrected chi connectivity index (χ4v) is 3.61. The van der Waals surface area contributed by atoms with Crippen LogP contribution < -0.4 is 15.0 Å². The van der Waals surface area contributed by atoms with E-state index in [0.29, 0.717) is 34.6 Å². The minimum atomic E-state index is -1.12. The van der Waals surface area contributed by atoms with Gasteiger partial charge in [-0.2, -0.15) is 0 Å². The Morgan fingerprint density at radius 1 is 1.41 bits per heavy atom. The molecule has 10 heteroatoms. The third-order valence-corrected chi connectivity index (χ3v) is 5.05. The number of amides is 1. The van der Waals surface area contributed by atoms with Crippen LogP contribution in [0.5, 0.6) is 11.5 Å². The average Bonchev–Trinajstić information content (AvgIpc) is 2.96. The summed E-state index contributed by atoms with van der Waals surface area (Å²) in [6.07, 6.45) is 1.71. The van der Waals surface area contributed by atoms with Crippen LogP contribution in [0.25, 0.3) is 0 Å². The fourth-order valence-electron chi connectivity index (χ4n) is 3.18. The van der Waals surface area contributed by atoms with Crippen LogP contribution >= 0.6 is 15.9 Å². The summed E-state index contributed by atoms with van der Waals surface area (Å²) in [5.74, 6) is 0.746. The van der Waals surface area contributed by atoms with Crippen molar-refractivity contribution in [3.63, 3.8) is 0 Å². The summed E-state index contributed by atoms with van der Waals surface area (Å²) < 4.78 is 19.5. The van der Waals surface area contributed by atoms with Crippen molar-refractivity contribution in [2.45, 2.75) is 31.0 Å². The van der Waals surface area contributed by atoms with Gasteiger partial charge in [-0.05, 0) is 47.0 Å². The molecule has 3 rings (SSSR count). The highest BCUT2D eigenvalue weighted by molar-refractivity contribution is 9.10. The Balaban J connectivity index is 1.81. The molecule has 3 N–H and O–H groups in total. The molecule has 2 aromatic rings. The standard InChI is InChI=1S/C17H18BrFN4O4/c1-23(12-5-10(6-13(12)24)22-17(25)26)16-15(7-20-8-21-16)27-14-3-2-9(19)4-11(14)18/h2-4,7-8,10,12-13,22,24H,5-6H2,1H3,(H,25,26)/t10-,12+,13-/m1/s1. The van der Waals surface area contributed by atoms with E-state index in [9.17, 15) is 14.3 Å². The first kappa shape index (κ1) is 19.3. The molecular formula is C17H18BrFN4O4. The summed E-state index contributed by atoms with van der Waals surface area (Å²) in [4.78, 5) is 20.8. The van der Waals surface area contributed by atoms with Gasteiger partial charge in [-0.15, -0.1) is 0 Å². The lowest BCUT2D eigenvalue weighted by atomic mass is 10.2. The molecule has 0 saturated heterocycles. The number of nitrogens with zero attached hydrogens (tertiary/aromatic N) is 3. The number of anilines is 1. The van der Waals surface area contributed by atoms with Crippen molar-refractivity contribution in [1.29, 1.82) is 0 Å². The zero-order chi connectivity index (χ0) is 19.6. The Morgan fingerprint density at radius 3 is 2.89 bits per heavy atom. The molecule has 1 amide bonds. The third kappa shape index (κ3) is 4.45. The van der Waals surface area contributed by atoms with E-state index >= 15 is 0 Å². The second-order valence-electron chi connectivity index (χ2n) is 6.25. The number of halogens is 2. The molecule has 1 aliphatic carbocycles. The molecule has 144 valence electrons. The third-order valence-electron chi connectivity index (χ3n) is 4.43. The number of aliphatic hydroxyl groups is 1. The van der Waals surface area contributed by atoms with Crippen molar-refractivity contribution in [1.82, 2.24) is 15.3 Å². The SMILES string of the molecule is CN(c1ncncc1Oc1ccc(F)cc1Br)[C@H]1C[C@@H](NC(=O)O)C[C@H]1O. The van der Waals surface area contributed by atoms with E-state index in [-0.39, 0.29) is 12.1 Å². The zero-order valence-corrected chi connectivity index (χ0v) is 15.9. The van der Waals surface area contributed by atoms with E-state index in [0.717, 1.165) is 0 Å². The number of nitrogens with one attached hydrogen (secondary N) is 1. The molecule has 0 aliphatic heterocycles. The lowest BCUT2D eigenvalue weighted by molar-refractivity contribution is 0.159. The second-order valence-corrected chi connectivity index (χ2v) is 7.11. The molecular weight excluding hydrogens is 423 g/mol. The van der Waals surface area contributed by atoms with Gasteiger partial charge in [0, 0.05) is 13.1 Å². The predicted molar refractivity (Wildman–Crippen MR) is 98.6 cm³/mol. The molecule has 1 aliphatic rings. The largest absolute Gasteiger partial charge is 0.465 e. The van der Waals surface area contributed by atoms with Crippen LogP contribution in [0.15, 0.2) is 35.2 Å². The van der Waals surface area contributed by atoms with Crippen molar-refractivity contribution >= 4 is 27.8 Å². The molecule has 1 aromatic heterocycles. The van der Waals surface area contributed by atoms with Crippen LogP contribution in [-0.4, -0.2) is 51.5 Å². The van der Waals surface area contributed by atoms with Gasteiger partial charge in [0.2, 0.25) is 0 Å². The summed E-state index contributed by atoms with van der Waals surface area (Å²) in [6, 6.07) is 3.34. The lowest BCUT2D eigenvalue weighted by Gasteiger charge is -2.29. The second kappa shape index (κ2) is 8.05. The molecule has 0 spiro atoms. The Bertz CT molecular complexity index is 840. The highest BCUT2D eigenvalue weighted by Gasteiger charge is 2.37. The number of carboxylic acid groups (broad SMARTS) is 1. The molecule has 1 fully saturated rings. The maximum absolute atomic E-state index is 13.3. The first-order chi connectivity index (χ1) is 12.8. The van der Waals surface area contributed by atoms with Gasteiger partial charge < -0.3 is 25.2 Å². The van der Waals surface area contributed by atoms with Crippen molar-refractivity contribution < 1.29 is 24.1 Å². The van der Waals surface area contributed by atoms with Crippen LogP contribution in [0, 0.1) is 5.82 Å². The minimum absolute atomic E-state index is 0.312. The van der Waals surface area contributed by atoms with Crippen LogP contribution in [0.4, 0.5) is 15.0 Å². The summed E-state index contributed by atoms with van der Waals surface area (Å²) >= 11 is 3.25. The number of benzene rings is 1. The summed E-state index contributed by atoms with van der Waals surface area (Å²) in [7, 11) is 1.74. The number of ether oxygens (including phenoxy) is 1. The molecule has 0 radical (unpaired) electrons. The quantitative estimate of drug-likeness (QED) is 0.655. The number of aromatic nitrogens is 2. The maximum Gasteiger partial charge on any atom is 0.404 e. The van der Waals surface area contributed by atoms with Crippen molar-refractivity contribution in [2.24, 2.45) is 0 Å². The van der Waals surface area contributed by atoms with Crippen LogP contribution in [0.2, 0.25) is 0 Å². The van der Waals surface area contributed by atoms with E-state index in [2.05, 4.69) is 31.2 Å². The molecule has 3 atom stereocenters. The summed E-state index contributed by atoms with van der Waals surface area (Å²) in [6.45, 7) is 0. The molecule has 1 aromatic carbocycles. The first-order valence-electron chi connectivity index (χ1n) is 8.18. The van der Waals surface area contributed by atoms with Gasteiger partial charge >= 0.3 is 6.09 Å². The maximum atomic E-state index is 13.3. The number of aliphatic hydroxyl groups excluding tert-OH is 1. The van der Waals surface area contributed by atoms with E-state index < -0.39 is 18.0 Å². The zero-order valence-electron chi connectivity index (χ0n) is 14.3. The molecule has 8 nitrogen and oxygen atoms in total. The lowest BCUT2D eigenvalue weighted by Crippen LogP contribution is -2.39. The fraction of sp³-hybridized carbons (Fsp3) is 0.353. The van der Waals surface area contributed by atoms with Crippen LogP contribution in [0.1, 0.15) is 12.8 Å². The van der Waals surface area contributed by atoms with E-state index in [1.54, 1.807) is 11.9 Å². The van der Waals surface area contributed by atoms with Crippen molar-refractivity contribution in [3.8, 4) is 11.5 Å². The van der Waals surface area contributed by atoms with Crippen LogP contribution in [-0.2, 0) is 0 Å². The van der Waals surface area contributed by atoms with E-state index in [1.165, 1.54) is 30.7 Å². The van der Waals surface area contributed by atoms with Gasteiger partial charge in [-0.1, -0.05) is 0 Å². The molecule has 27 heavy (non-hydrogen) atoms. The Labute approximate surface area is 163 Å². The van der Waals surface area contributed by atoms with E-state index in [4.69, 9.17) is 9.84 Å². The van der Waals surface area contributed by atoms with Gasteiger partial charge in [0.25, 0.3) is 0 Å². The van der Waals surface area contributed by atoms with Crippen LogP contribution in [0.3, 0.4) is 0 Å². The van der Waals surface area contributed by atoms with Gasteiger partial charge in [-0.3, -0.25) is 0 Å². The molecule has 0 bridgehead atoms. The first-order valence-corrected chi connectivity index (χ1v) is 8.97. The summed E-state index contributed by atoms with van der Waals surface area (Å²) in [5.41, 5.74) is 0. The topological polar surface area (TPSA) is 108 Å². The normalized spacial score (nSPS) is 21.7. The molecule has 1 saturated carbocycles. The number of hydrogen-bond donors (Lipinski definition) is 3. The molecule has 0 unspecified atom stereocenters. The number of carbonyl (C=O) groups is 1. The van der Waals surface area contributed by atoms with E-state index in [1.807, 2.05) is 0 Å². The summed E-state index contributed by atoms with van der Waals surface area (Å²) in [5, 5.41) is 21.6. The van der Waals surface area contributed by atoms with Crippen molar-refractivity contribution in [2.75, 3.05) is 11.9 Å². The number of hydrogen-bond acceptors (Lipinski definition) is 6. The number of likely N-dealkylation sites (N-methyl/N-ethyl adjacent to an activating group) is 1. The Kier molecular flexibility index (Phi) is 5.76. The Hall–Kier alpha value is -2.46. The van der Waals surface area contributed by atoms with Gasteiger partial charge in [0.1, 0.15) is 17.9 Å². The average molecular weight is 441 g/mol. The smallest absolute Gasteiger partial charge is 0.404 e. The minimum Gasteiger partial charge on any atom is -0.465 e. The number of rotatable bonds is 5. The molecule has 1 heterocycles. The van der Waals surface area contributed by atoms with Gasteiger partial charge in [0.15, 0.2) is 11.6 Å². The van der Waals surface area contributed by atoms with Gasteiger partial charge in [-0.25, -0.2) is 19.2 Å². The highest BCUT2D eigenvalue weighted by atomic mass is 79.9. The van der Waals surface area contributed by atoms with Crippen molar-refractivity contribution in [3.05, 3.63) is 41.0 Å². The monoisotopic (exact) mass is 440 g/mol.